The van der Waals surface area contributed by atoms with Gasteiger partial charge in [0.05, 0.1) is 65.8 Å². The molecule has 0 saturated carbocycles. The van der Waals surface area contributed by atoms with E-state index < -0.39 is 65.7 Å². The number of unbranched alkanes of at least 4 members (excludes halogenated alkanes) is 2. The minimum absolute atomic E-state index is 0.0344. The first-order valence-corrected chi connectivity index (χ1v) is 24.9. The number of aromatic nitrogens is 4. The predicted molar refractivity (Wildman–Crippen MR) is 229 cm³/mol. The molecule has 0 bridgehead atoms. The number of thiophene rings is 2. The molecule has 2 aliphatic rings. The minimum atomic E-state index is -4.86. The maximum atomic E-state index is 15.1. The first-order valence-electron chi connectivity index (χ1n) is 18.9. The van der Waals surface area contributed by atoms with Crippen LogP contribution in [0.1, 0.15) is 77.6 Å². The van der Waals surface area contributed by atoms with Crippen LogP contribution in [0.5, 0.6) is 0 Å². The fraction of sp³-hybridized carbons (Fsp3) is 0.333. The van der Waals surface area contributed by atoms with Crippen molar-refractivity contribution in [3.63, 3.8) is 0 Å². The van der Waals surface area contributed by atoms with Gasteiger partial charge in [-0.3, -0.25) is 9.11 Å². The van der Waals surface area contributed by atoms with E-state index >= 15 is 26.3 Å². The minimum Gasteiger partial charge on any atom is -0.281 e. The second-order valence-corrected chi connectivity index (χ2v) is 22.1. The van der Waals surface area contributed by atoms with Gasteiger partial charge in [-0.15, -0.1) is 22.7 Å². The smallest absolute Gasteiger partial charge is 0.281 e. The summed E-state index contributed by atoms with van der Waals surface area (Å²) in [5.41, 5.74) is 1.31. The number of benzene rings is 2. The molecule has 0 fully saturated rings. The fourth-order valence-electron chi connectivity index (χ4n) is 8.25. The van der Waals surface area contributed by atoms with Crippen molar-refractivity contribution in [2.75, 3.05) is 0 Å². The van der Waals surface area contributed by atoms with Crippen LogP contribution in [0.2, 0.25) is 20.1 Å². The molecule has 4 heterocycles. The van der Waals surface area contributed by atoms with Gasteiger partial charge in [0.2, 0.25) is 0 Å². The van der Waals surface area contributed by atoms with Crippen LogP contribution in [0, 0.1) is 0 Å². The van der Waals surface area contributed by atoms with Crippen molar-refractivity contribution in [2.24, 2.45) is 0 Å². The monoisotopic (exact) mass is 1030 g/mol. The number of halogens is 10. The molecule has 0 saturated heterocycles. The topological polar surface area (TPSA) is 144 Å². The highest BCUT2D eigenvalue weighted by Gasteiger charge is 2.47. The Morgan fingerprint density at radius 3 is 1.32 bits per heavy atom. The van der Waals surface area contributed by atoms with E-state index in [9.17, 15) is 25.9 Å². The normalized spacial score (nSPS) is 15.2. The van der Waals surface area contributed by atoms with Gasteiger partial charge in [0.15, 0.2) is 0 Å². The molecule has 24 heteroatoms. The Bertz CT molecular complexity index is 2820. The van der Waals surface area contributed by atoms with E-state index in [0.717, 1.165) is 0 Å². The average molecular weight is 1030 g/mol. The molecular formula is C39H30Cl4F6N4O6S4. The lowest BCUT2D eigenvalue weighted by Crippen LogP contribution is -2.23. The van der Waals surface area contributed by atoms with E-state index in [4.69, 9.17) is 46.4 Å². The Morgan fingerprint density at radius 1 is 0.603 bits per heavy atom. The van der Waals surface area contributed by atoms with Crippen molar-refractivity contribution in [2.45, 2.75) is 90.4 Å². The van der Waals surface area contributed by atoms with Gasteiger partial charge in [-0.2, -0.15) is 53.4 Å². The molecule has 0 radical (unpaired) electrons. The zero-order chi connectivity index (χ0) is 45.6. The van der Waals surface area contributed by atoms with E-state index in [1.54, 1.807) is 0 Å². The standard InChI is InChI=1S/C39H30Cl4F6N4O6S4/c40-20-8-12-28(26(42)16-20)52-34-22(10-6-18-14-30(60-36(18)34)62(54,55)56)32(50-52)24(38(44,45)46)4-2-1-3-5-25(39(47,48)49)33-23-11-7-19-15-31(63(57,58)59)61-37(19)35(23)53(51-33)29-13-9-21(41)17-27(29)43/h8-9,12-17,24-25H,1-7,10-11H2,(H,54,55,56)(H,57,58,59). The highest BCUT2D eigenvalue weighted by atomic mass is 35.5. The molecule has 2 aromatic carbocycles. The van der Waals surface area contributed by atoms with Gasteiger partial charge >= 0.3 is 32.6 Å². The van der Waals surface area contributed by atoms with Gasteiger partial charge in [-0.1, -0.05) is 65.7 Å². The third-order valence-corrected chi connectivity index (χ3v) is 17.1. The van der Waals surface area contributed by atoms with E-state index in [1.807, 2.05) is 0 Å². The molecule has 10 nitrogen and oxygen atoms in total. The summed E-state index contributed by atoms with van der Waals surface area (Å²) in [7, 11) is -9.32. The van der Waals surface area contributed by atoms with Gasteiger partial charge in [0.1, 0.15) is 8.42 Å². The third-order valence-electron chi connectivity index (χ3n) is 11.0. The molecule has 0 spiro atoms. The van der Waals surface area contributed by atoms with Crippen LogP contribution >= 0.6 is 69.1 Å². The lowest BCUT2D eigenvalue weighted by Gasteiger charge is -2.22. The number of fused-ring (bicyclic) bond motifs is 6. The average Bonchev–Trinajstić information content (AvgIpc) is 3.96. The molecular weight excluding hydrogens is 1000 g/mol. The number of alkyl halides is 6. The summed E-state index contributed by atoms with van der Waals surface area (Å²) in [6.45, 7) is 0. The van der Waals surface area contributed by atoms with Gasteiger partial charge < -0.3 is 0 Å². The molecule has 2 unspecified atom stereocenters. The molecule has 2 aliphatic carbocycles. The molecule has 6 aromatic rings. The predicted octanol–water partition coefficient (Wildman–Crippen LogP) is 12.8. The van der Waals surface area contributed by atoms with Crippen molar-refractivity contribution in [1.29, 1.82) is 0 Å². The number of nitrogens with zero attached hydrogens (tertiary/aromatic N) is 4. The largest absolute Gasteiger partial charge is 0.397 e. The molecule has 0 aliphatic heterocycles. The zero-order valence-corrected chi connectivity index (χ0v) is 38.2. The summed E-state index contributed by atoms with van der Waals surface area (Å²) in [6.07, 6.45) is -10.8. The SMILES string of the molecule is O=S(=O)(O)c1cc2c(s1)-c1c(c(C(CCCCCC(c3nn(-c4ccc(Cl)cc4Cl)c4c3CCc3cc(S(=O)(=O)O)sc3-4)C(F)(F)F)C(F)(F)F)nn1-c1ccc(Cl)cc1Cl)CC2. The van der Waals surface area contributed by atoms with Gasteiger partial charge in [-0.05, 0) is 98.2 Å². The van der Waals surface area contributed by atoms with Crippen LogP contribution < -0.4 is 0 Å². The molecule has 4 aromatic heterocycles. The quantitative estimate of drug-likeness (QED) is 0.0700. The van der Waals surface area contributed by atoms with Gasteiger partial charge in [0.25, 0.3) is 0 Å². The van der Waals surface area contributed by atoms with E-state index in [0.29, 0.717) is 33.8 Å². The first kappa shape index (κ1) is 46.4. The van der Waals surface area contributed by atoms with Crippen LogP contribution in [0.25, 0.3) is 32.5 Å². The van der Waals surface area contributed by atoms with Gasteiger partial charge in [-0.25, -0.2) is 9.36 Å². The number of rotatable bonds is 12. The van der Waals surface area contributed by atoms with Crippen LogP contribution in [0.3, 0.4) is 0 Å². The second kappa shape index (κ2) is 16.9. The number of hydrogen-bond acceptors (Lipinski definition) is 8. The highest BCUT2D eigenvalue weighted by Crippen LogP contribution is 2.51. The summed E-state index contributed by atoms with van der Waals surface area (Å²) in [5, 5.41) is 9.44. The Labute approximate surface area is 383 Å². The maximum absolute atomic E-state index is 15.1. The van der Waals surface area contributed by atoms with Crippen molar-refractivity contribution in [3.05, 3.63) is 102 Å². The lowest BCUT2D eigenvalue weighted by molar-refractivity contribution is -0.153. The molecule has 336 valence electrons. The van der Waals surface area contributed by atoms with E-state index in [2.05, 4.69) is 10.2 Å². The van der Waals surface area contributed by atoms with Crippen LogP contribution in [-0.2, 0) is 45.9 Å². The second-order valence-electron chi connectivity index (χ2n) is 15.1. The Balaban J connectivity index is 1.10. The van der Waals surface area contributed by atoms with Crippen LogP contribution in [0.4, 0.5) is 26.3 Å². The summed E-state index contributed by atoms with van der Waals surface area (Å²) in [5.74, 6) is -4.34. The molecule has 2 atom stereocenters. The molecule has 8 rings (SSSR count). The number of aryl methyl sites for hydroxylation is 2. The molecule has 63 heavy (non-hydrogen) atoms. The summed E-state index contributed by atoms with van der Waals surface area (Å²) in [6, 6.07) is 11.1. The highest BCUT2D eigenvalue weighted by molar-refractivity contribution is 7.88. The number of hydrogen-bond donors (Lipinski definition) is 2. The van der Waals surface area contributed by atoms with Crippen LogP contribution in [-0.4, -0.2) is 57.9 Å². The van der Waals surface area contributed by atoms with Crippen molar-refractivity contribution in [1.82, 2.24) is 19.6 Å². The Morgan fingerprint density at radius 2 is 0.984 bits per heavy atom. The van der Waals surface area contributed by atoms with E-state index in [1.165, 1.54) is 57.9 Å². The van der Waals surface area contributed by atoms with Crippen LogP contribution in [0.15, 0.2) is 56.9 Å². The summed E-state index contributed by atoms with van der Waals surface area (Å²) in [4.78, 5) is 0.565. The fourth-order valence-corrected chi connectivity index (χ4v) is 13.1. The third kappa shape index (κ3) is 9.05. The Kier molecular flexibility index (Phi) is 12.4. The van der Waals surface area contributed by atoms with Crippen molar-refractivity contribution < 1.29 is 52.3 Å². The lowest BCUT2D eigenvalue weighted by atomic mass is 9.87. The summed E-state index contributed by atoms with van der Waals surface area (Å²) >= 11 is 26.6. The van der Waals surface area contributed by atoms with Crippen molar-refractivity contribution >= 4 is 89.3 Å². The molecule has 0 amide bonds. The molecule has 2 N–H and O–H groups in total. The Hall–Kier alpha value is -3.18. The maximum Gasteiger partial charge on any atom is 0.397 e. The zero-order valence-electron chi connectivity index (χ0n) is 31.9. The first-order chi connectivity index (χ1) is 29.4. The van der Waals surface area contributed by atoms with Crippen molar-refractivity contribution in [3.8, 4) is 32.5 Å². The summed E-state index contributed by atoms with van der Waals surface area (Å²) < 4.78 is 160. The van der Waals surface area contributed by atoms with Gasteiger partial charge in [0, 0.05) is 21.2 Å². The van der Waals surface area contributed by atoms with E-state index in [-0.39, 0.29) is 120 Å².